The predicted molar refractivity (Wildman–Crippen MR) is 70.3 cm³/mol. The molecule has 3 rings (SSSR count). The lowest BCUT2D eigenvalue weighted by atomic mass is 10.3. The molecule has 2 amide bonds. The Labute approximate surface area is 119 Å². The molecule has 0 spiro atoms. The average molecular weight is 292 g/mol. The highest BCUT2D eigenvalue weighted by molar-refractivity contribution is 8.00. The number of imide groups is 1. The lowest BCUT2D eigenvalue weighted by Gasteiger charge is -2.13. The number of hydrogen-bond donors (Lipinski definition) is 1. The summed E-state index contributed by atoms with van der Waals surface area (Å²) in [4.78, 5) is 40.6. The Bertz CT molecular complexity index is 600. The summed E-state index contributed by atoms with van der Waals surface area (Å²) >= 11 is 1.23. The summed E-state index contributed by atoms with van der Waals surface area (Å²) in [6.45, 7) is 0. The van der Waals surface area contributed by atoms with Crippen molar-refractivity contribution in [2.45, 2.75) is 35.4 Å². The van der Waals surface area contributed by atoms with Gasteiger partial charge in [0.25, 0.3) is 0 Å². The van der Waals surface area contributed by atoms with Gasteiger partial charge in [0.05, 0.1) is 5.25 Å². The second-order valence-electron chi connectivity index (χ2n) is 4.83. The number of amides is 2. The number of carbonyl (C=O) groups excluding carboxylic acids is 2. The molecule has 7 heteroatoms. The Morgan fingerprint density at radius 2 is 2.15 bits per heavy atom. The van der Waals surface area contributed by atoms with Gasteiger partial charge in [0.1, 0.15) is 5.69 Å². The molecule has 1 aromatic rings. The minimum atomic E-state index is -1.11. The third-order valence-electron chi connectivity index (χ3n) is 3.28. The standard InChI is InChI=1S/C13H12N2O4S/c16-11-6-10(12(17)15(11)7-1-2-7)20-8-3-4-14-9(5-8)13(18)19/h3-5,7,10H,1-2,6H2,(H,18,19). The fourth-order valence-corrected chi connectivity index (χ4v) is 3.28. The molecule has 104 valence electrons. The van der Waals surface area contributed by atoms with Crippen molar-refractivity contribution in [1.82, 2.24) is 9.88 Å². The molecule has 0 aromatic carbocycles. The van der Waals surface area contributed by atoms with E-state index >= 15 is 0 Å². The van der Waals surface area contributed by atoms with E-state index in [0.29, 0.717) is 4.90 Å². The molecule has 6 nitrogen and oxygen atoms in total. The summed E-state index contributed by atoms with van der Waals surface area (Å²) in [5.74, 6) is -1.39. The number of aromatic nitrogens is 1. The minimum Gasteiger partial charge on any atom is -0.477 e. The second kappa shape index (κ2) is 4.90. The van der Waals surface area contributed by atoms with Gasteiger partial charge in [-0.25, -0.2) is 9.78 Å². The number of nitrogens with zero attached hydrogens (tertiary/aromatic N) is 2. The van der Waals surface area contributed by atoms with Gasteiger partial charge in [0, 0.05) is 23.6 Å². The number of pyridine rings is 1. The van der Waals surface area contributed by atoms with Crippen molar-refractivity contribution >= 4 is 29.5 Å². The van der Waals surface area contributed by atoms with Crippen LogP contribution in [0, 0.1) is 0 Å². The predicted octanol–water partition coefficient (Wildman–Crippen LogP) is 1.16. The SMILES string of the molecule is O=C(O)c1cc(SC2CC(=O)N(C3CC3)C2=O)ccn1. The quantitative estimate of drug-likeness (QED) is 0.838. The van der Waals surface area contributed by atoms with Crippen LogP contribution >= 0.6 is 11.8 Å². The molecule has 1 atom stereocenters. The van der Waals surface area contributed by atoms with Crippen LogP contribution in [-0.2, 0) is 9.59 Å². The van der Waals surface area contributed by atoms with E-state index < -0.39 is 11.2 Å². The summed E-state index contributed by atoms with van der Waals surface area (Å²) < 4.78 is 0. The molecule has 2 fully saturated rings. The first-order valence-corrected chi connectivity index (χ1v) is 7.16. The van der Waals surface area contributed by atoms with Crippen LogP contribution in [0.5, 0.6) is 0 Å². The van der Waals surface area contributed by atoms with Crippen LogP contribution in [0.15, 0.2) is 23.2 Å². The first kappa shape index (κ1) is 13.1. The Morgan fingerprint density at radius 1 is 1.40 bits per heavy atom. The topological polar surface area (TPSA) is 87.6 Å². The number of carbonyl (C=O) groups is 3. The Hall–Kier alpha value is -1.89. The fourth-order valence-electron chi connectivity index (χ4n) is 2.20. The monoisotopic (exact) mass is 292 g/mol. The lowest BCUT2D eigenvalue weighted by molar-refractivity contribution is -0.138. The van der Waals surface area contributed by atoms with Gasteiger partial charge in [-0.1, -0.05) is 0 Å². The highest BCUT2D eigenvalue weighted by Gasteiger charge is 2.46. The molecule has 0 bridgehead atoms. The van der Waals surface area contributed by atoms with Gasteiger partial charge in [-0.3, -0.25) is 14.5 Å². The van der Waals surface area contributed by atoms with Crippen molar-refractivity contribution in [3.05, 3.63) is 24.0 Å². The highest BCUT2D eigenvalue weighted by atomic mass is 32.2. The van der Waals surface area contributed by atoms with Crippen LogP contribution in [0.3, 0.4) is 0 Å². The molecule has 0 radical (unpaired) electrons. The molecule has 1 saturated heterocycles. The van der Waals surface area contributed by atoms with Gasteiger partial charge < -0.3 is 5.11 Å². The molecule has 1 saturated carbocycles. The van der Waals surface area contributed by atoms with Crippen LogP contribution in [0.2, 0.25) is 0 Å². The number of carboxylic acid groups (broad SMARTS) is 1. The number of carboxylic acids is 1. The number of rotatable bonds is 4. The lowest BCUT2D eigenvalue weighted by Crippen LogP contribution is -2.33. The number of thioether (sulfide) groups is 1. The van der Waals surface area contributed by atoms with Gasteiger partial charge in [0.2, 0.25) is 11.8 Å². The summed E-state index contributed by atoms with van der Waals surface area (Å²) in [6, 6.07) is 3.16. The Morgan fingerprint density at radius 3 is 2.80 bits per heavy atom. The van der Waals surface area contributed by atoms with Gasteiger partial charge in [-0.15, -0.1) is 11.8 Å². The van der Waals surface area contributed by atoms with E-state index in [1.54, 1.807) is 6.07 Å². The van der Waals surface area contributed by atoms with Crippen molar-refractivity contribution in [1.29, 1.82) is 0 Å². The summed E-state index contributed by atoms with van der Waals surface area (Å²) in [6.07, 6.45) is 3.37. The molecule has 1 aliphatic heterocycles. The molecule has 1 unspecified atom stereocenters. The van der Waals surface area contributed by atoms with Crippen LogP contribution in [0.4, 0.5) is 0 Å². The van der Waals surface area contributed by atoms with E-state index in [1.807, 2.05) is 0 Å². The third kappa shape index (κ3) is 2.40. The minimum absolute atomic E-state index is 0.0641. The van der Waals surface area contributed by atoms with Gasteiger partial charge in [-0.05, 0) is 25.0 Å². The van der Waals surface area contributed by atoms with Crippen molar-refractivity contribution < 1.29 is 19.5 Å². The van der Waals surface area contributed by atoms with E-state index in [1.165, 1.54) is 28.9 Å². The van der Waals surface area contributed by atoms with Crippen LogP contribution in [0.25, 0.3) is 0 Å². The normalized spacial score (nSPS) is 22.4. The first-order chi connectivity index (χ1) is 9.56. The van der Waals surface area contributed by atoms with Crippen molar-refractivity contribution in [3.63, 3.8) is 0 Å². The van der Waals surface area contributed by atoms with Gasteiger partial charge in [0.15, 0.2) is 0 Å². The molecule has 1 N–H and O–H groups in total. The first-order valence-electron chi connectivity index (χ1n) is 6.28. The van der Waals surface area contributed by atoms with Gasteiger partial charge >= 0.3 is 5.97 Å². The molecule has 2 aliphatic rings. The smallest absolute Gasteiger partial charge is 0.354 e. The average Bonchev–Trinajstić information content (AvgIpc) is 3.19. The largest absolute Gasteiger partial charge is 0.477 e. The van der Waals surface area contributed by atoms with E-state index in [-0.39, 0.29) is 30.0 Å². The van der Waals surface area contributed by atoms with E-state index in [0.717, 1.165) is 12.8 Å². The van der Waals surface area contributed by atoms with Crippen LogP contribution in [0.1, 0.15) is 29.8 Å². The van der Waals surface area contributed by atoms with Crippen molar-refractivity contribution in [3.8, 4) is 0 Å². The zero-order valence-corrected chi connectivity index (χ0v) is 11.3. The maximum Gasteiger partial charge on any atom is 0.354 e. The molecule has 20 heavy (non-hydrogen) atoms. The number of hydrogen-bond acceptors (Lipinski definition) is 5. The summed E-state index contributed by atoms with van der Waals surface area (Å²) in [5.41, 5.74) is -0.0641. The fraction of sp³-hybridized carbons (Fsp3) is 0.385. The maximum atomic E-state index is 12.2. The second-order valence-corrected chi connectivity index (χ2v) is 6.10. The highest BCUT2D eigenvalue weighted by Crippen LogP contribution is 2.37. The van der Waals surface area contributed by atoms with E-state index in [9.17, 15) is 14.4 Å². The zero-order valence-electron chi connectivity index (χ0n) is 10.5. The molecular weight excluding hydrogens is 280 g/mol. The maximum absolute atomic E-state index is 12.2. The van der Waals surface area contributed by atoms with E-state index in [4.69, 9.17) is 5.11 Å². The van der Waals surface area contributed by atoms with Crippen LogP contribution < -0.4 is 0 Å². The molecular formula is C13H12N2O4S. The van der Waals surface area contributed by atoms with Crippen molar-refractivity contribution in [2.75, 3.05) is 0 Å². The zero-order chi connectivity index (χ0) is 14.3. The molecule has 1 aliphatic carbocycles. The van der Waals surface area contributed by atoms with Crippen molar-refractivity contribution in [2.24, 2.45) is 0 Å². The number of likely N-dealkylation sites (tertiary alicyclic amines) is 1. The van der Waals surface area contributed by atoms with Crippen LogP contribution in [-0.4, -0.2) is 44.1 Å². The number of aromatic carboxylic acids is 1. The third-order valence-corrected chi connectivity index (χ3v) is 4.46. The Kier molecular flexibility index (Phi) is 3.21. The molecule has 2 heterocycles. The van der Waals surface area contributed by atoms with Gasteiger partial charge in [-0.2, -0.15) is 0 Å². The van der Waals surface area contributed by atoms with E-state index in [2.05, 4.69) is 4.98 Å². The summed E-state index contributed by atoms with van der Waals surface area (Å²) in [5, 5.41) is 8.43. The summed E-state index contributed by atoms with van der Waals surface area (Å²) in [7, 11) is 0. The molecule has 1 aromatic heterocycles. The Balaban J connectivity index is 1.75.